The zero-order valence-corrected chi connectivity index (χ0v) is 16.7. The number of halogens is 2. The van der Waals surface area contributed by atoms with Gasteiger partial charge >= 0.3 is 0 Å². The molecule has 0 unspecified atom stereocenters. The lowest BCUT2D eigenvalue weighted by molar-refractivity contribution is 0.0745. The van der Waals surface area contributed by atoms with E-state index in [9.17, 15) is 9.59 Å². The Kier molecular flexibility index (Phi) is 5.00. The van der Waals surface area contributed by atoms with Crippen LogP contribution >= 0.6 is 23.2 Å². The summed E-state index contributed by atoms with van der Waals surface area (Å²) in [7, 11) is 0. The molecule has 0 spiro atoms. The lowest BCUT2D eigenvalue weighted by atomic mass is 10.2. The molecule has 2 aromatic heterocycles. The van der Waals surface area contributed by atoms with Gasteiger partial charge in [0.05, 0.1) is 16.4 Å². The van der Waals surface area contributed by atoms with Gasteiger partial charge in [0.1, 0.15) is 11.4 Å². The van der Waals surface area contributed by atoms with Gasteiger partial charge in [0.25, 0.3) is 11.5 Å². The molecule has 0 saturated carbocycles. The quantitative estimate of drug-likeness (QED) is 0.653. The molecule has 1 aliphatic rings. The number of benzene rings is 1. The molecule has 28 heavy (non-hydrogen) atoms. The Morgan fingerprint density at radius 1 is 1.07 bits per heavy atom. The van der Waals surface area contributed by atoms with Crippen molar-refractivity contribution in [3.8, 4) is 5.69 Å². The fraction of sp³-hybridized carbons (Fsp3) is 0.250. The fourth-order valence-electron chi connectivity index (χ4n) is 3.46. The summed E-state index contributed by atoms with van der Waals surface area (Å²) in [6.07, 6.45) is 3.99. The van der Waals surface area contributed by atoms with Gasteiger partial charge in [-0.1, -0.05) is 29.3 Å². The average molecular weight is 417 g/mol. The number of pyridine rings is 1. The summed E-state index contributed by atoms with van der Waals surface area (Å²) < 4.78 is 3.30. The highest BCUT2D eigenvalue weighted by Gasteiger charge is 2.24. The molecule has 0 bridgehead atoms. The maximum atomic E-state index is 13.1. The van der Waals surface area contributed by atoms with Crippen LogP contribution < -0.4 is 5.56 Å². The topological polar surface area (TPSA) is 60.1 Å². The molecular formula is C20H18Cl2N4O2. The van der Waals surface area contributed by atoms with Crippen LogP contribution in [0.4, 0.5) is 0 Å². The largest absolute Gasteiger partial charge is 0.333 e. The van der Waals surface area contributed by atoms with Gasteiger partial charge in [-0.25, -0.2) is 4.98 Å². The van der Waals surface area contributed by atoms with Crippen LogP contribution in [0.2, 0.25) is 10.0 Å². The van der Waals surface area contributed by atoms with Crippen molar-refractivity contribution in [2.24, 2.45) is 0 Å². The molecule has 0 N–H and O–H groups in total. The number of nitrogens with zero attached hydrogens (tertiary/aromatic N) is 4. The van der Waals surface area contributed by atoms with Crippen molar-refractivity contribution in [2.45, 2.75) is 26.4 Å². The minimum atomic E-state index is -0.191. The smallest absolute Gasteiger partial charge is 0.275 e. The third-order valence-electron chi connectivity index (χ3n) is 4.91. The number of hydrogen-bond donors (Lipinski definition) is 0. The number of hydrogen-bond acceptors (Lipinski definition) is 3. The molecule has 8 heteroatoms. The summed E-state index contributed by atoms with van der Waals surface area (Å²) in [6, 6.07) is 8.74. The van der Waals surface area contributed by atoms with Gasteiger partial charge in [-0.05, 0) is 43.2 Å². The zero-order chi connectivity index (χ0) is 19.8. The molecule has 0 saturated heterocycles. The van der Waals surface area contributed by atoms with E-state index in [0.717, 1.165) is 11.3 Å². The summed E-state index contributed by atoms with van der Waals surface area (Å²) in [5.41, 5.74) is 2.44. The first-order valence-corrected chi connectivity index (χ1v) is 9.67. The number of carbonyl (C=O) groups is 1. The summed E-state index contributed by atoms with van der Waals surface area (Å²) in [6.45, 7) is 3.33. The van der Waals surface area contributed by atoms with Crippen molar-refractivity contribution >= 4 is 29.1 Å². The van der Waals surface area contributed by atoms with Crippen molar-refractivity contribution in [1.29, 1.82) is 0 Å². The molecule has 1 aliphatic heterocycles. The second kappa shape index (κ2) is 7.45. The van der Waals surface area contributed by atoms with Gasteiger partial charge < -0.3 is 9.47 Å². The van der Waals surface area contributed by atoms with E-state index in [-0.39, 0.29) is 11.5 Å². The van der Waals surface area contributed by atoms with Gasteiger partial charge in [-0.2, -0.15) is 0 Å². The molecular weight excluding hydrogens is 399 g/mol. The highest BCUT2D eigenvalue weighted by Crippen LogP contribution is 2.24. The van der Waals surface area contributed by atoms with E-state index in [0.29, 0.717) is 47.5 Å². The van der Waals surface area contributed by atoms with Gasteiger partial charge in [0.15, 0.2) is 0 Å². The summed E-state index contributed by atoms with van der Waals surface area (Å²) >= 11 is 12.1. The van der Waals surface area contributed by atoms with Crippen molar-refractivity contribution < 1.29 is 4.79 Å². The molecule has 4 rings (SSSR count). The maximum Gasteiger partial charge on any atom is 0.275 e. The maximum absolute atomic E-state index is 13.1. The summed E-state index contributed by atoms with van der Waals surface area (Å²) in [5.74, 6) is -0.172. The first-order chi connectivity index (χ1) is 13.5. The molecule has 1 amide bonds. The highest BCUT2D eigenvalue weighted by atomic mass is 35.5. The predicted molar refractivity (Wildman–Crippen MR) is 108 cm³/mol. The number of imidazole rings is 1. The third kappa shape index (κ3) is 3.34. The van der Waals surface area contributed by atoms with Gasteiger partial charge in [-0.3, -0.25) is 14.2 Å². The lowest BCUT2D eigenvalue weighted by Crippen LogP contribution is -2.33. The Hall–Kier alpha value is -2.57. The van der Waals surface area contributed by atoms with E-state index < -0.39 is 0 Å². The van der Waals surface area contributed by atoms with E-state index in [1.54, 1.807) is 50.8 Å². The number of amides is 1. The summed E-state index contributed by atoms with van der Waals surface area (Å²) in [5, 5.41) is 0.935. The summed E-state index contributed by atoms with van der Waals surface area (Å²) in [4.78, 5) is 31.9. The monoisotopic (exact) mass is 416 g/mol. The fourth-order valence-corrected chi connectivity index (χ4v) is 3.79. The van der Waals surface area contributed by atoms with E-state index in [2.05, 4.69) is 4.98 Å². The zero-order valence-electron chi connectivity index (χ0n) is 15.2. The lowest BCUT2D eigenvalue weighted by Gasteiger charge is -2.21. The number of aryl methyl sites for hydroxylation is 1. The van der Waals surface area contributed by atoms with Gasteiger partial charge in [0.2, 0.25) is 0 Å². The first-order valence-electron chi connectivity index (χ1n) is 8.92. The molecule has 0 aliphatic carbocycles. The molecule has 1 aromatic carbocycles. The van der Waals surface area contributed by atoms with E-state index in [1.165, 1.54) is 0 Å². The van der Waals surface area contributed by atoms with Crippen LogP contribution in [0.3, 0.4) is 0 Å². The van der Waals surface area contributed by atoms with E-state index in [4.69, 9.17) is 23.2 Å². The minimum absolute atomic E-state index is 0.172. The molecule has 0 atom stereocenters. The van der Waals surface area contributed by atoms with Crippen molar-refractivity contribution in [1.82, 2.24) is 19.0 Å². The molecule has 144 valence electrons. The third-order valence-corrected chi connectivity index (χ3v) is 5.65. The number of fused-ring (bicyclic) bond motifs is 1. The van der Waals surface area contributed by atoms with Crippen LogP contribution in [0.25, 0.3) is 5.69 Å². The average Bonchev–Trinajstić information content (AvgIpc) is 3.03. The van der Waals surface area contributed by atoms with E-state index >= 15 is 0 Å². The van der Waals surface area contributed by atoms with Crippen molar-refractivity contribution in [3.63, 3.8) is 0 Å². The van der Waals surface area contributed by atoms with Gasteiger partial charge in [-0.15, -0.1) is 0 Å². The van der Waals surface area contributed by atoms with Crippen LogP contribution in [-0.4, -0.2) is 31.5 Å². The Bertz CT molecular complexity index is 1120. The molecule has 6 nitrogen and oxygen atoms in total. The van der Waals surface area contributed by atoms with Crippen LogP contribution in [0.5, 0.6) is 0 Å². The molecule has 3 heterocycles. The first kappa shape index (κ1) is 18.8. The number of carbonyl (C=O) groups excluding carboxylic acids is 1. The number of rotatable bonds is 3. The molecule has 3 aromatic rings. The van der Waals surface area contributed by atoms with Crippen LogP contribution in [0, 0.1) is 6.92 Å². The van der Waals surface area contributed by atoms with Crippen LogP contribution in [-0.2, 0) is 13.1 Å². The highest BCUT2D eigenvalue weighted by molar-refractivity contribution is 6.42. The van der Waals surface area contributed by atoms with Crippen LogP contribution in [0.15, 0.2) is 47.7 Å². The predicted octanol–water partition coefficient (Wildman–Crippen LogP) is 3.70. The Morgan fingerprint density at radius 2 is 1.89 bits per heavy atom. The van der Waals surface area contributed by atoms with E-state index in [1.807, 2.05) is 13.0 Å². The Morgan fingerprint density at radius 3 is 2.61 bits per heavy atom. The standard InChI is InChI=1S/C20H18Cl2N4O2/c1-13-10-23-12-26(13)18-6-5-17-19(27)24(7-2-8-25(17)20(18)28)11-14-3-4-15(21)16(22)9-14/h3-6,9-10,12H,2,7-8,11H2,1H3. The SMILES string of the molecule is Cc1cncn1-c1ccc2n(c1=O)CCCN(Cc1ccc(Cl)c(Cl)c1)C2=O. The second-order valence-electron chi connectivity index (χ2n) is 6.79. The molecule has 0 fully saturated rings. The normalized spacial score (nSPS) is 14.1. The second-order valence-corrected chi connectivity index (χ2v) is 7.61. The Labute approximate surface area is 171 Å². The van der Waals surface area contributed by atoms with Crippen LogP contribution in [0.1, 0.15) is 28.2 Å². The number of aromatic nitrogens is 3. The van der Waals surface area contributed by atoms with Crippen molar-refractivity contribution in [2.75, 3.05) is 6.54 Å². The minimum Gasteiger partial charge on any atom is -0.333 e. The molecule has 0 radical (unpaired) electrons. The Balaban J connectivity index is 1.68. The van der Waals surface area contributed by atoms with Gasteiger partial charge in [0, 0.05) is 31.5 Å². The van der Waals surface area contributed by atoms with Crippen molar-refractivity contribution in [3.05, 3.63) is 80.2 Å².